The largest absolute Gasteiger partial charge is 0.494 e. The molecule has 96 valence electrons. The van der Waals surface area contributed by atoms with E-state index in [9.17, 15) is 0 Å². The van der Waals surface area contributed by atoms with Gasteiger partial charge < -0.3 is 10.5 Å². The van der Waals surface area contributed by atoms with Gasteiger partial charge in [0.25, 0.3) is 0 Å². The molecular weight excluding hydrogens is 226 g/mol. The summed E-state index contributed by atoms with van der Waals surface area (Å²) >= 11 is 0. The van der Waals surface area contributed by atoms with E-state index in [1.165, 1.54) is 0 Å². The first-order valence-electron chi connectivity index (χ1n) is 6.20. The van der Waals surface area contributed by atoms with E-state index in [4.69, 9.17) is 10.5 Å². The quantitative estimate of drug-likeness (QED) is 0.869. The van der Waals surface area contributed by atoms with E-state index < -0.39 is 0 Å². The molecule has 1 aromatic carbocycles. The molecule has 0 fully saturated rings. The highest BCUT2D eigenvalue weighted by molar-refractivity contribution is 5.69. The van der Waals surface area contributed by atoms with Crippen LogP contribution in [0.1, 0.15) is 32.3 Å². The zero-order valence-electron chi connectivity index (χ0n) is 11.0. The molecule has 0 aliphatic carbocycles. The molecule has 0 radical (unpaired) electrons. The van der Waals surface area contributed by atoms with Crippen molar-refractivity contribution in [1.82, 2.24) is 10.2 Å². The Morgan fingerprint density at radius 1 is 1.28 bits per heavy atom. The van der Waals surface area contributed by atoms with Crippen LogP contribution in [0, 0.1) is 0 Å². The number of nitrogen functional groups attached to an aromatic ring is 1. The summed E-state index contributed by atoms with van der Waals surface area (Å²) in [5, 5.41) is 7.10. The zero-order valence-corrected chi connectivity index (χ0v) is 11.0. The van der Waals surface area contributed by atoms with Crippen molar-refractivity contribution >= 4 is 5.82 Å². The summed E-state index contributed by atoms with van der Waals surface area (Å²) in [5.41, 5.74) is 9.03. The number of ether oxygens (including phenoxy) is 1. The van der Waals surface area contributed by atoms with Crippen LogP contribution in [0.2, 0.25) is 0 Å². The molecule has 0 saturated heterocycles. The van der Waals surface area contributed by atoms with Crippen LogP contribution in [0.3, 0.4) is 0 Å². The maximum Gasteiger partial charge on any atom is 0.149 e. The first-order valence-corrected chi connectivity index (χ1v) is 6.20. The fourth-order valence-corrected chi connectivity index (χ4v) is 2.05. The average Bonchev–Trinajstić information content (AvgIpc) is 2.73. The highest BCUT2D eigenvalue weighted by Crippen LogP contribution is 2.31. The smallest absolute Gasteiger partial charge is 0.149 e. The Kier molecular flexibility index (Phi) is 3.55. The second kappa shape index (κ2) is 5.12. The molecule has 2 aromatic rings. The lowest BCUT2D eigenvalue weighted by Crippen LogP contribution is -1.95. The minimum Gasteiger partial charge on any atom is -0.494 e. The fourth-order valence-electron chi connectivity index (χ4n) is 2.05. The minimum atomic E-state index is 0.338. The summed E-state index contributed by atoms with van der Waals surface area (Å²) < 4.78 is 5.43. The Balaban J connectivity index is 2.37. The van der Waals surface area contributed by atoms with E-state index in [1.54, 1.807) is 0 Å². The zero-order chi connectivity index (χ0) is 13.1. The summed E-state index contributed by atoms with van der Waals surface area (Å²) in [6, 6.07) is 7.95. The number of anilines is 1. The number of hydrogen-bond acceptors (Lipinski definition) is 3. The molecule has 3 N–H and O–H groups in total. The van der Waals surface area contributed by atoms with Gasteiger partial charge in [0.1, 0.15) is 11.6 Å². The maximum absolute atomic E-state index is 5.89. The Labute approximate surface area is 107 Å². The number of aromatic nitrogens is 2. The predicted molar refractivity (Wildman–Crippen MR) is 73.7 cm³/mol. The highest BCUT2D eigenvalue weighted by Gasteiger charge is 2.15. The van der Waals surface area contributed by atoms with E-state index in [0.717, 1.165) is 22.6 Å². The lowest BCUT2D eigenvalue weighted by Gasteiger charge is -2.08. The van der Waals surface area contributed by atoms with Gasteiger partial charge in [0.15, 0.2) is 0 Å². The van der Waals surface area contributed by atoms with Gasteiger partial charge in [-0.2, -0.15) is 5.10 Å². The van der Waals surface area contributed by atoms with Crippen LogP contribution in [0.4, 0.5) is 5.82 Å². The second-order valence-corrected chi connectivity index (χ2v) is 4.51. The van der Waals surface area contributed by atoms with Gasteiger partial charge in [-0.25, -0.2) is 0 Å². The number of aromatic amines is 1. The standard InChI is InChI=1S/C14H19N3O/c1-4-18-11-7-5-10(6-8-11)13-12(9(2)3)14(15)17-16-13/h5-9H,4H2,1-3H3,(H3,15,16,17). The van der Waals surface area contributed by atoms with Gasteiger partial charge in [-0.15, -0.1) is 0 Å². The summed E-state index contributed by atoms with van der Waals surface area (Å²) in [6.07, 6.45) is 0. The number of nitrogens with zero attached hydrogens (tertiary/aromatic N) is 1. The Morgan fingerprint density at radius 2 is 1.94 bits per heavy atom. The van der Waals surface area contributed by atoms with Crippen molar-refractivity contribution in [3.63, 3.8) is 0 Å². The summed E-state index contributed by atoms with van der Waals surface area (Å²) in [7, 11) is 0. The molecule has 2 rings (SSSR count). The molecule has 0 aliphatic rings. The van der Waals surface area contributed by atoms with E-state index in [0.29, 0.717) is 18.3 Å². The van der Waals surface area contributed by atoms with Crippen LogP contribution < -0.4 is 10.5 Å². The van der Waals surface area contributed by atoms with Gasteiger partial charge in [0.05, 0.1) is 12.3 Å². The second-order valence-electron chi connectivity index (χ2n) is 4.51. The summed E-state index contributed by atoms with van der Waals surface area (Å²) in [5.74, 6) is 1.79. The number of nitrogens with one attached hydrogen (secondary N) is 1. The number of benzene rings is 1. The van der Waals surface area contributed by atoms with Gasteiger partial charge >= 0.3 is 0 Å². The van der Waals surface area contributed by atoms with E-state index in [1.807, 2.05) is 31.2 Å². The Bertz CT molecular complexity index is 514. The van der Waals surface area contributed by atoms with Gasteiger partial charge in [-0.3, -0.25) is 5.10 Å². The van der Waals surface area contributed by atoms with Crippen LogP contribution in [0.5, 0.6) is 5.75 Å². The van der Waals surface area contributed by atoms with Crippen LogP contribution in [0.25, 0.3) is 11.3 Å². The molecule has 1 aromatic heterocycles. The number of hydrogen-bond donors (Lipinski definition) is 2. The lowest BCUT2D eigenvalue weighted by atomic mass is 9.99. The number of rotatable bonds is 4. The molecule has 0 bridgehead atoms. The van der Waals surface area contributed by atoms with Gasteiger partial charge in [0, 0.05) is 11.1 Å². The lowest BCUT2D eigenvalue weighted by molar-refractivity contribution is 0.340. The molecule has 4 heteroatoms. The summed E-state index contributed by atoms with van der Waals surface area (Å²) in [6.45, 7) is 6.87. The van der Waals surface area contributed by atoms with E-state index in [-0.39, 0.29) is 0 Å². The van der Waals surface area contributed by atoms with Gasteiger partial charge in [-0.05, 0) is 37.1 Å². The maximum atomic E-state index is 5.89. The van der Waals surface area contributed by atoms with Crippen LogP contribution in [0.15, 0.2) is 24.3 Å². The third-order valence-electron chi connectivity index (χ3n) is 2.86. The van der Waals surface area contributed by atoms with Crippen molar-refractivity contribution in [2.75, 3.05) is 12.3 Å². The van der Waals surface area contributed by atoms with E-state index >= 15 is 0 Å². The van der Waals surface area contributed by atoms with Gasteiger partial charge in [0.2, 0.25) is 0 Å². The molecule has 0 saturated carbocycles. The normalized spacial score (nSPS) is 10.9. The van der Waals surface area contributed by atoms with Crippen LogP contribution >= 0.6 is 0 Å². The topological polar surface area (TPSA) is 63.9 Å². The molecule has 4 nitrogen and oxygen atoms in total. The van der Waals surface area contributed by atoms with Crippen LogP contribution in [-0.2, 0) is 0 Å². The molecule has 0 unspecified atom stereocenters. The third-order valence-corrected chi connectivity index (χ3v) is 2.86. The fraction of sp³-hybridized carbons (Fsp3) is 0.357. The Morgan fingerprint density at radius 3 is 2.50 bits per heavy atom. The van der Waals surface area contributed by atoms with Crippen molar-refractivity contribution in [1.29, 1.82) is 0 Å². The highest BCUT2D eigenvalue weighted by atomic mass is 16.5. The van der Waals surface area contributed by atoms with Crippen molar-refractivity contribution in [2.45, 2.75) is 26.7 Å². The predicted octanol–water partition coefficient (Wildman–Crippen LogP) is 3.18. The first-order chi connectivity index (χ1) is 8.63. The SMILES string of the molecule is CCOc1ccc(-c2[nH]nc(N)c2C(C)C)cc1. The molecule has 0 spiro atoms. The van der Waals surface area contributed by atoms with Crippen molar-refractivity contribution in [3.8, 4) is 17.0 Å². The van der Waals surface area contributed by atoms with Gasteiger partial charge in [-0.1, -0.05) is 13.8 Å². The van der Waals surface area contributed by atoms with Crippen molar-refractivity contribution in [2.24, 2.45) is 0 Å². The monoisotopic (exact) mass is 245 g/mol. The van der Waals surface area contributed by atoms with Crippen LogP contribution in [-0.4, -0.2) is 16.8 Å². The van der Waals surface area contributed by atoms with Crippen molar-refractivity contribution in [3.05, 3.63) is 29.8 Å². The first kappa shape index (κ1) is 12.5. The molecular formula is C14H19N3O. The molecule has 0 atom stereocenters. The molecule has 0 amide bonds. The number of H-pyrrole nitrogens is 1. The van der Waals surface area contributed by atoms with Crippen molar-refractivity contribution < 1.29 is 4.74 Å². The van der Waals surface area contributed by atoms with E-state index in [2.05, 4.69) is 24.0 Å². The molecule has 18 heavy (non-hydrogen) atoms. The third kappa shape index (κ3) is 2.32. The number of nitrogens with two attached hydrogens (primary N) is 1. The minimum absolute atomic E-state index is 0.338. The molecule has 1 heterocycles. The molecule has 0 aliphatic heterocycles. The average molecular weight is 245 g/mol. The summed E-state index contributed by atoms with van der Waals surface area (Å²) in [4.78, 5) is 0. The Hall–Kier alpha value is -1.97.